The molecule has 0 spiro atoms. The Morgan fingerprint density at radius 3 is 0.739 bits per heavy atom. The van der Waals surface area contributed by atoms with E-state index in [1.807, 2.05) is 0 Å². The van der Waals surface area contributed by atoms with Crippen LogP contribution in [0.3, 0.4) is 0 Å². The number of carbonyl (C=O) groups excluding carboxylic acids is 4. The zero-order chi connectivity index (χ0) is 67.9. The highest BCUT2D eigenvalue weighted by Crippen LogP contribution is 2.45. The van der Waals surface area contributed by atoms with Crippen molar-refractivity contribution >= 4 is 39.5 Å². The van der Waals surface area contributed by atoms with Gasteiger partial charge in [-0.25, -0.2) is 9.13 Å². The molecule has 0 amide bonds. The largest absolute Gasteiger partial charge is 0.472 e. The van der Waals surface area contributed by atoms with Crippen LogP contribution in [0.25, 0.3) is 0 Å². The molecule has 2 unspecified atom stereocenters. The van der Waals surface area contributed by atoms with Gasteiger partial charge in [-0.2, -0.15) is 0 Å². The van der Waals surface area contributed by atoms with Crippen LogP contribution in [0.2, 0.25) is 0 Å². The van der Waals surface area contributed by atoms with Crippen LogP contribution in [0.4, 0.5) is 0 Å². The van der Waals surface area contributed by atoms with E-state index in [-0.39, 0.29) is 25.7 Å². The Labute approximate surface area is 562 Å². The van der Waals surface area contributed by atoms with Crippen LogP contribution in [-0.4, -0.2) is 96.7 Å². The van der Waals surface area contributed by atoms with Crippen molar-refractivity contribution in [2.45, 2.75) is 394 Å². The number of hydrogen-bond donors (Lipinski definition) is 3. The van der Waals surface area contributed by atoms with Gasteiger partial charge in [0, 0.05) is 25.7 Å². The average Bonchev–Trinajstić information content (AvgIpc) is 1.47. The molecule has 92 heavy (non-hydrogen) atoms. The summed E-state index contributed by atoms with van der Waals surface area (Å²) in [7, 11) is -9.90. The third kappa shape index (κ3) is 66.7. The van der Waals surface area contributed by atoms with Crippen LogP contribution in [-0.2, 0) is 65.4 Å². The Morgan fingerprint density at radius 1 is 0.293 bits per heavy atom. The molecule has 5 atom stereocenters. The molecule has 0 aromatic rings. The molecule has 0 fully saturated rings. The average molecular weight is 1350 g/mol. The van der Waals surface area contributed by atoms with E-state index in [0.717, 1.165) is 102 Å². The summed E-state index contributed by atoms with van der Waals surface area (Å²) < 4.78 is 68.4. The number of unbranched alkanes of at least 4 members (excludes halogenated alkanes) is 42. The van der Waals surface area contributed by atoms with Gasteiger partial charge in [-0.3, -0.25) is 37.3 Å². The number of rotatable bonds is 72. The molecule has 0 aromatic heterocycles. The molecule has 0 aliphatic heterocycles. The van der Waals surface area contributed by atoms with E-state index >= 15 is 0 Å². The minimum Gasteiger partial charge on any atom is -0.462 e. The normalized spacial score (nSPS) is 14.1. The molecule has 0 bridgehead atoms. The molecule has 19 heteroatoms. The fourth-order valence-corrected chi connectivity index (χ4v) is 12.7. The molecule has 0 saturated heterocycles. The maximum absolute atomic E-state index is 13.1. The number of hydrogen-bond acceptors (Lipinski definition) is 15. The lowest BCUT2D eigenvalue weighted by Gasteiger charge is -2.21. The highest BCUT2D eigenvalue weighted by atomic mass is 31.2. The molecule has 0 aliphatic rings. The van der Waals surface area contributed by atoms with Gasteiger partial charge in [0.2, 0.25) is 0 Å². The maximum Gasteiger partial charge on any atom is 0.472 e. The number of phosphoric ester groups is 2. The van der Waals surface area contributed by atoms with Gasteiger partial charge >= 0.3 is 39.5 Å². The number of ether oxygens (including phenoxy) is 4. The first-order chi connectivity index (χ1) is 44.4. The lowest BCUT2D eigenvalue weighted by atomic mass is 10.0. The van der Waals surface area contributed by atoms with Crippen LogP contribution in [0.15, 0.2) is 0 Å². The van der Waals surface area contributed by atoms with Gasteiger partial charge in [-0.05, 0) is 37.5 Å². The van der Waals surface area contributed by atoms with Gasteiger partial charge < -0.3 is 33.8 Å². The SMILES string of the molecule is CCCCCCCCCCCCCCCCCCCC(=O)O[C@H](COC(=O)CCCCCCCCCCCCC(C)C)COP(=O)(O)OC[C@@H](O)COP(=O)(O)OC[C@@H](COC(=O)CCCCCCCCCCCC)OC(=O)CCCCCCCCCCCC(C)C. The van der Waals surface area contributed by atoms with E-state index in [1.165, 1.54) is 193 Å². The highest BCUT2D eigenvalue weighted by molar-refractivity contribution is 7.47. The molecule has 3 N–H and O–H groups in total. The van der Waals surface area contributed by atoms with Crippen molar-refractivity contribution in [3.05, 3.63) is 0 Å². The number of aliphatic hydroxyl groups is 1. The fourth-order valence-electron chi connectivity index (χ4n) is 11.1. The van der Waals surface area contributed by atoms with Gasteiger partial charge in [0.1, 0.15) is 19.3 Å². The minimum absolute atomic E-state index is 0.105. The zero-order valence-electron chi connectivity index (χ0n) is 59.9. The van der Waals surface area contributed by atoms with Crippen molar-refractivity contribution in [2.24, 2.45) is 11.8 Å². The summed E-state index contributed by atoms with van der Waals surface area (Å²) in [6.45, 7) is 9.54. The fraction of sp³-hybridized carbons (Fsp3) is 0.945. The molecule has 0 aromatic carbocycles. The molecule has 0 saturated carbocycles. The van der Waals surface area contributed by atoms with Crippen molar-refractivity contribution < 1.29 is 80.2 Å². The van der Waals surface area contributed by atoms with E-state index in [4.69, 9.17) is 37.0 Å². The smallest absolute Gasteiger partial charge is 0.462 e. The van der Waals surface area contributed by atoms with Gasteiger partial charge in [-0.1, -0.05) is 324 Å². The highest BCUT2D eigenvalue weighted by Gasteiger charge is 2.30. The van der Waals surface area contributed by atoms with Crippen LogP contribution in [0.5, 0.6) is 0 Å². The third-order valence-corrected chi connectivity index (χ3v) is 18.9. The predicted molar refractivity (Wildman–Crippen MR) is 372 cm³/mol. The summed E-state index contributed by atoms with van der Waals surface area (Å²) in [5, 5.41) is 10.6. The van der Waals surface area contributed by atoms with E-state index in [1.54, 1.807) is 0 Å². The summed E-state index contributed by atoms with van der Waals surface area (Å²) in [5.41, 5.74) is 0. The molecule has 17 nitrogen and oxygen atoms in total. The monoisotopic (exact) mass is 1350 g/mol. The van der Waals surface area contributed by atoms with Crippen LogP contribution in [0.1, 0.15) is 375 Å². The Morgan fingerprint density at radius 2 is 0.500 bits per heavy atom. The van der Waals surface area contributed by atoms with Crippen LogP contribution >= 0.6 is 15.6 Å². The Hall–Kier alpha value is -1.94. The summed E-state index contributed by atoms with van der Waals surface area (Å²) >= 11 is 0. The molecule has 0 rings (SSSR count). The number of carbonyl (C=O) groups is 4. The second-order valence-corrected chi connectivity index (χ2v) is 30.2. The first-order valence-electron chi connectivity index (χ1n) is 38.0. The van der Waals surface area contributed by atoms with Crippen molar-refractivity contribution in [1.29, 1.82) is 0 Å². The lowest BCUT2D eigenvalue weighted by Crippen LogP contribution is -2.30. The maximum atomic E-state index is 13.1. The first-order valence-corrected chi connectivity index (χ1v) is 41.0. The minimum atomic E-state index is -4.95. The Balaban J connectivity index is 5.24. The molecular formula is C73H142O17P2. The van der Waals surface area contributed by atoms with E-state index in [0.29, 0.717) is 25.7 Å². The Bertz CT molecular complexity index is 1790. The first kappa shape index (κ1) is 90.1. The summed E-state index contributed by atoms with van der Waals surface area (Å²) in [6, 6.07) is 0. The van der Waals surface area contributed by atoms with Gasteiger partial charge in [-0.15, -0.1) is 0 Å². The van der Waals surface area contributed by atoms with Gasteiger partial charge in [0.05, 0.1) is 26.4 Å². The molecule has 546 valence electrons. The van der Waals surface area contributed by atoms with Crippen molar-refractivity contribution in [3.63, 3.8) is 0 Å². The molecule has 0 aliphatic carbocycles. The van der Waals surface area contributed by atoms with Gasteiger partial charge in [0.15, 0.2) is 12.2 Å². The quantitative estimate of drug-likeness (QED) is 0.0222. The number of aliphatic hydroxyl groups excluding tert-OH is 1. The standard InChI is InChI=1S/C73H142O17P2/c1-7-9-11-13-15-17-19-20-21-22-23-24-25-33-39-45-51-57-72(77)89-68(62-84-71(76)56-50-44-38-32-27-26-29-35-41-47-53-65(3)4)63-87-91(79,80)85-59-67(74)60-86-92(81,82)88-64-69(61-83-70(75)55-49-43-37-31-18-16-14-12-10-8-2)90-73(78)58-52-46-40-34-28-30-36-42-48-54-66(5)6/h65-69,74H,7-64H2,1-6H3,(H,79,80)(H,81,82)/t67-,68-,69-/m1/s1. The Kier molecular flexibility index (Phi) is 63.7. The predicted octanol–water partition coefficient (Wildman–Crippen LogP) is 21.2. The lowest BCUT2D eigenvalue weighted by molar-refractivity contribution is -0.161. The molecular weight excluding hydrogens is 1210 g/mol. The second kappa shape index (κ2) is 65.0. The second-order valence-electron chi connectivity index (χ2n) is 27.3. The summed E-state index contributed by atoms with van der Waals surface area (Å²) in [6.07, 6.45) is 51.3. The van der Waals surface area contributed by atoms with Crippen molar-refractivity contribution in [3.8, 4) is 0 Å². The van der Waals surface area contributed by atoms with Crippen LogP contribution < -0.4 is 0 Å². The third-order valence-electron chi connectivity index (χ3n) is 17.0. The molecule has 0 heterocycles. The molecule has 0 radical (unpaired) electrons. The number of esters is 4. The van der Waals surface area contributed by atoms with Crippen molar-refractivity contribution in [2.75, 3.05) is 39.6 Å². The number of phosphoric acid groups is 2. The summed E-state index contributed by atoms with van der Waals surface area (Å²) in [4.78, 5) is 72.7. The summed E-state index contributed by atoms with van der Waals surface area (Å²) in [5.74, 6) is -0.625. The van der Waals surface area contributed by atoms with Crippen LogP contribution in [0, 0.1) is 11.8 Å². The van der Waals surface area contributed by atoms with E-state index in [2.05, 4.69) is 41.5 Å². The topological polar surface area (TPSA) is 237 Å². The van der Waals surface area contributed by atoms with E-state index in [9.17, 15) is 43.2 Å². The van der Waals surface area contributed by atoms with Gasteiger partial charge in [0.25, 0.3) is 0 Å². The zero-order valence-corrected chi connectivity index (χ0v) is 61.6. The van der Waals surface area contributed by atoms with E-state index < -0.39 is 97.5 Å². The van der Waals surface area contributed by atoms with Crippen molar-refractivity contribution in [1.82, 2.24) is 0 Å².